The van der Waals surface area contributed by atoms with Crippen LogP contribution in [0.25, 0.3) is 0 Å². The summed E-state index contributed by atoms with van der Waals surface area (Å²) in [5, 5.41) is 0. The molecule has 0 radical (unpaired) electrons. The van der Waals surface area contributed by atoms with Crippen molar-refractivity contribution in [2.24, 2.45) is 0 Å². The second-order valence-electron chi connectivity index (χ2n) is 4.73. The molecule has 1 nitrogen and oxygen atoms in total. The Labute approximate surface area is 127 Å². The van der Waals surface area contributed by atoms with Crippen molar-refractivity contribution in [3.63, 3.8) is 0 Å². The van der Waals surface area contributed by atoms with E-state index in [1.807, 2.05) is 36.4 Å². The van der Waals surface area contributed by atoms with Crippen molar-refractivity contribution < 1.29 is 4.74 Å². The molecule has 0 atom stereocenters. The number of aryl methyl sites for hydroxylation is 2. The van der Waals surface area contributed by atoms with Crippen molar-refractivity contribution in [2.45, 2.75) is 13.8 Å². The second kappa shape index (κ2) is 7.95. The van der Waals surface area contributed by atoms with E-state index in [-0.39, 0.29) is 0 Å². The summed E-state index contributed by atoms with van der Waals surface area (Å²) in [7, 11) is 0. The smallest absolute Gasteiger partial charge is 0.109 e. The minimum Gasteiger partial charge on any atom is -0.356 e. The summed E-state index contributed by atoms with van der Waals surface area (Å²) in [6, 6.07) is 16.1. The van der Waals surface area contributed by atoms with E-state index in [9.17, 15) is 0 Å². The van der Waals surface area contributed by atoms with Crippen LogP contribution in [0.2, 0.25) is 0 Å². The van der Waals surface area contributed by atoms with E-state index in [0.717, 1.165) is 11.1 Å². The zero-order valence-corrected chi connectivity index (χ0v) is 12.4. The van der Waals surface area contributed by atoms with E-state index in [1.165, 1.54) is 11.1 Å². The van der Waals surface area contributed by atoms with Gasteiger partial charge in [-0.3, -0.25) is 0 Å². The van der Waals surface area contributed by atoms with Gasteiger partial charge in [-0.2, -0.15) is 0 Å². The molecule has 0 aliphatic heterocycles. The molecule has 0 saturated heterocycles. The highest BCUT2D eigenvalue weighted by Crippen LogP contribution is 2.10. The van der Waals surface area contributed by atoms with E-state index >= 15 is 0 Å². The Morgan fingerprint density at radius 3 is 2.05 bits per heavy atom. The summed E-state index contributed by atoms with van der Waals surface area (Å²) in [5.41, 5.74) is 4.50. The van der Waals surface area contributed by atoms with Crippen LogP contribution in [0.1, 0.15) is 22.3 Å². The van der Waals surface area contributed by atoms with Crippen LogP contribution in [-0.2, 0) is 4.74 Å². The second-order valence-corrected chi connectivity index (χ2v) is 4.73. The van der Waals surface area contributed by atoms with E-state index in [2.05, 4.69) is 49.7 Å². The first-order valence-corrected chi connectivity index (χ1v) is 6.94. The Morgan fingerprint density at radius 1 is 0.762 bits per heavy atom. The molecule has 0 aliphatic carbocycles. The molecule has 0 aromatic heterocycles. The van der Waals surface area contributed by atoms with Crippen LogP contribution < -0.4 is 0 Å². The molecule has 2 rings (SSSR count). The number of rotatable bonds is 2. The fourth-order valence-electron chi connectivity index (χ4n) is 1.95. The molecule has 0 unspecified atom stereocenters. The fraction of sp³-hybridized carbons (Fsp3) is 0.200. The topological polar surface area (TPSA) is 9.23 Å². The average Bonchev–Trinajstić information content (AvgIpc) is 2.50. The minimum absolute atomic E-state index is 0.399. The maximum absolute atomic E-state index is 5.41. The third-order valence-corrected chi connectivity index (χ3v) is 3.05. The summed E-state index contributed by atoms with van der Waals surface area (Å²) < 4.78 is 5.41. The third-order valence-electron chi connectivity index (χ3n) is 3.05. The highest BCUT2D eigenvalue weighted by Gasteiger charge is 1.96. The van der Waals surface area contributed by atoms with Crippen LogP contribution in [0.15, 0.2) is 48.5 Å². The van der Waals surface area contributed by atoms with Crippen LogP contribution in [0, 0.1) is 37.5 Å². The Hall–Kier alpha value is -2.48. The van der Waals surface area contributed by atoms with Crippen LogP contribution >= 0.6 is 0 Å². The molecule has 0 heterocycles. The van der Waals surface area contributed by atoms with Gasteiger partial charge in [-0.25, -0.2) is 0 Å². The molecular weight excluding hydrogens is 256 g/mol. The molecule has 0 N–H and O–H groups in total. The van der Waals surface area contributed by atoms with Crippen molar-refractivity contribution in [1.82, 2.24) is 0 Å². The lowest BCUT2D eigenvalue weighted by Gasteiger charge is -2.01. The van der Waals surface area contributed by atoms with E-state index in [1.54, 1.807) is 0 Å². The fourth-order valence-corrected chi connectivity index (χ4v) is 1.95. The van der Waals surface area contributed by atoms with Gasteiger partial charge in [-0.15, -0.1) is 0 Å². The van der Waals surface area contributed by atoms with Gasteiger partial charge in [0.25, 0.3) is 0 Å². The van der Waals surface area contributed by atoms with Crippen molar-refractivity contribution in [1.29, 1.82) is 0 Å². The van der Waals surface area contributed by atoms with Gasteiger partial charge in [-0.05, 0) is 37.1 Å². The Bertz CT molecular complexity index is 686. The molecule has 2 aromatic carbocycles. The first kappa shape index (κ1) is 14.9. The number of ether oxygens (including phenoxy) is 1. The highest BCUT2D eigenvalue weighted by molar-refractivity contribution is 5.46. The largest absolute Gasteiger partial charge is 0.356 e. The molecule has 21 heavy (non-hydrogen) atoms. The predicted octanol–water partition coefficient (Wildman–Crippen LogP) is 3.72. The molecule has 1 heteroatoms. The first-order valence-electron chi connectivity index (χ1n) is 6.94. The van der Waals surface area contributed by atoms with Gasteiger partial charge in [0, 0.05) is 11.1 Å². The predicted molar refractivity (Wildman–Crippen MR) is 86.9 cm³/mol. The summed E-state index contributed by atoms with van der Waals surface area (Å²) in [5.74, 6) is 12.2. The van der Waals surface area contributed by atoms with Crippen LogP contribution in [-0.4, -0.2) is 13.2 Å². The summed E-state index contributed by atoms with van der Waals surface area (Å²) in [6.45, 7) is 4.94. The van der Waals surface area contributed by atoms with Crippen LogP contribution in [0.5, 0.6) is 0 Å². The van der Waals surface area contributed by atoms with Crippen LogP contribution in [0.3, 0.4) is 0 Å². The molecule has 0 fully saturated rings. The summed E-state index contributed by atoms with van der Waals surface area (Å²) >= 11 is 0. The van der Waals surface area contributed by atoms with Crippen molar-refractivity contribution in [3.05, 3.63) is 70.8 Å². The average molecular weight is 274 g/mol. The Morgan fingerprint density at radius 2 is 1.38 bits per heavy atom. The quantitative estimate of drug-likeness (QED) is 0.599. The summed E-state index contributed by atoms with van der Waals surface area (Å²) in [6.07, 6.45) is 0. The first-order chi connectivity index (χ1) is 10.3. The van der Waals surface area contributed by atoms with E-state index in [4.69, 9.17) is 4.74 Å². The molecule has 0 saturated carbocycles. The minimum atomic E-state index is 0.399. The molecule has 0 amide bonds. The van der Waals surface area contributed by atoms with Crippen molar-refractivity contribution in [2.75, 3.05) is 13.2 Å². The van der Waals surface area contributed by atoms with E-state index < -0.39 is 0 Å². The van der Waals surface area contributed by atoms with Gasteiger partial charge >= 0.3 is 0 Å². The molecule has 0 bridgehead atoms. The standard InChI is InChI=1S/C20H18O/c1-17-9-6-10-18(2)20(17)14-8-16-21-15-7-13-19-11-4-3-5-12-19/h3-6,9-12H,15-16H2,1-2H3. The monoisotopic (exact) mass is 274 g/mol. The summed E-state index contributed by atoms with van der Waals surface area (Å²) in [4.78, 5) is 0. The Balaban J connectivity index is 1.81. The molecule has 0 spiro atoms. The maximum atomic E-state index is 5.41. The third kappa shape index (κ3) is 4.84. The Kier molecular flexibility index (Phi) is 5.65. The van der Waals surface area contributed by atoms with Gasteiger partial charge in [-0.1, -0.05) is 60.1 Å². The SMILES string of the molecule is Cc1cccc(C)c1C#CCOCC#Cc1ccccc1. The lowest BCUT2D eigenvalue weighted by molar-refractivity contribution is 0.204. The molecule has 2 aromatic rings. The number of hydrogen-bond donors (Lipinski definition) is 0. The number of hydrogen-bond acceptors (Lipinski definition) is 1. The zero-order chi connectivity index (χ0) is 14.9. The van der Waals surface area contributed by atoms with Crippen molar-refractivity contribution >= 4 is 0 Å². The van der Waals surface area contributed by atoms with Crippen LogP contribution in [0.4, 0.5) is 0 Å². The zero-order valence-electron chi connectivity index (χ0n) is 12.4. The maximum Gasteiger partial charge on any atom is 0.109 e. The molecule has 0 aliphatic rings. The number of benzene rings is 2. The van der Waals surface area contributed by atoms with E-state index in [0.29, 0.717) is 13.2 Å². The lowest BCUT2D eigenvalue weighted by Crippen LogP contribution is -1.92. The van der Waals surface area contributed by atoms with Gasteiger partial charge in [0.1, 0.15) is 13.2 Å². The molecular formula is C20H18O. The molecule has 104 valence electrons. The normalized spacial score (nSPS) is 9.24. The van der Waals surface area contributed by atoms with Gasteiger partial charge < -0.3 is 4.74 Å². The van der Waals surface area contributed by atoms with Gasteiger partial charge in [0.2, 0.25) is 0 Å². The van der Waals surface area contributed by atoms with Gasteiger partial charge in [0.05, 0.1) is 0 Å². The van der Waals surface area contributed by atoms with Crippen molar-refractivity contribution in [3.8, 4) is 23.7 Å². The highest BCUT2D eigenvalue weighted by atomic mass is 16.5. The van der Waals surface area contributed by atoms with Gasteiger partial charge in [0.15, 0.2) is 0 Å². The lowest BCUT2D eigenvalue weighted by atomic mass is 10.0.